The summed E-state index contributed by atoms with van der Waals surface area (Å²) in [5.41, 5.74) is 9.15. The fourth-order valence-electron chi connectivity index (χ4n) is 19.5. The highest BCUT2D eigenvalue weighted by Crippen LogP contribution is 3.04. The molecule has 0 bridgehead atoms. The molecule has 6 heterocycles. The van der Waals surface area contributed by atoms with Crippen LogP contribution in [0.15, 0.2) is 43.1 Å². The minimum Gasteiger partial charge on any atom is -0.0689 e. The lowest BCUT2D eigenvalue weighted by Gasteiger charge is -2.99. The lowest BCUT2D eigenvalue weighted by Crippen LogP contribution is -3.02. The summed E-state index contributed by atoms with van der Waals surface area (Å²) in [7, 11) is -7.66. The molecule has 364 valence electrons. The summed E-state index contributed by atoms with van der Waals surface area (Å²) in [5, 5.41) is 8.04. The van der Waals surface area contributed by atoms with Gasteiger partial charge in [-0.05, 0) is 65.0 Å². The summed E-state index contributed by atoms with van der Waals surface area (Å²) >= 11 is 0. The fourth-order valence-corrected chi connectivity index (χ4v) is 82.2. The molecule has 0 radical (unpaired) electrons. The molecule has 4 heteroatoms. The van der Waals surface area contributed by atoms with Gasteiger partial charge in [0.05, 0.1) is 0 Å². The standard InChI is InChI=1S/C60H108Si4/c1-45(2,3)37-41(49(13,14)15)63-42(50(16,17)18)38(46(4,5)6)58(63,54(28,29)30)61(57(37,63)53(25,26)27)62-59(55(31,32)33)39(47(7,8)9)43(51(19,20)21)64(59)44(52(22,23)24)40(48(10,11)12)60(62,64)56(34,35)36/h1-36H3/t57-,58-,59-,60-,63?,64?/m1/s1. The first kappa shape index (κ1) is 53.2. The largest absolute Gasteiger partial charge is 0.131 e. The van der Waals surface area contributed by atoms with E-state index in [4.69, 9.17) is 0 Å². The van der Waals surface area contributed by atoms with Crippen molar-refractivity contribution in [3.63, 3.8) is 0 Å². The Morgan fingerprint density at radius 1 is 0.219 bits per heavy atom. The summed E-state index contributed by atoms with van der Waals surface area (Å²) in [4.78, 5) is 0. The van der Waals surface area contributed by atoms with Gasteiger partial charge in [-0.3, -0.25) is 0 Å². The van der Waals surface area contributed by atoms with E-state index in [2.05, 4.69) is 249 Å². The van der Waals surface area contributed by atoms with Crippen molar-refractivity contribution < 1.29 is 0 Å². The molecule has 0 unspecified atom stereocenters. The maximum atomic E-state index is 2.82. The van der Waals surface area contributed by atoms with Crippen LogP contribution in [0.1, 0.15) is 249 Å². The first-order valence-corrected chi connectivity index (χ1v) is 34.2. The average molecular weight is 942 g/mol. The van der Waals surface area contributed by atoms with E-state index in [1.807, 2.05) is 43.1 Å². The molecule has 6 aliphatic rings. The van der Waals surface area contributed by atoms with Crippen molar-refractivity contribution in [1.29, 1.82) is 0 Å². The second-order valence-electron chi connectivity index (χ2n) is 35.2. The zero-order chi connectivity index (χ0) is 50.8. The van der Waals surface area contributed by atoms with Crippen LogP contribution in [-0.2, 0) is 0 Å². The maximum Gasteiger partial charge on any atom is 0.131 e. The van der Waals surface area contributed by atoms with Crippen LogP contribution < -0.4 is 0 Å². The molecule has 0 N–H and O–H groups in total. The van der Waals surface area contributed by atoms with E-state index in [1.165, 1.54) is 0 Å². The average Bonchev–Trinajstić information content (AvgIpc) is 2.84. The van der Waals surface area contributed by atoms with Crippen LogP contribution in [0, 0.1) is 65.0 Å². The molecule has 2 saturated heterocycles. The summed E-state index contributed by atoms with van der Waals surface area (Å²) < 4.78 is 0.954. The van der Waals surface area contributed by atoms with Gasteiger partial charge in [-0.1, -0.05) is 292 Å². The van der Waals surface area contributed by atoms with E-state index >= 15 is 0 Å². The molecule has 0 saturated carbocycles. The molecule has 2 spiro atoms. The van der Waals surface area contributed by atoms with Crippen molar-refractivity contribution in [3.05, 3.63) is 43.1 Å². The molecule has 0 aromatic heterocycles. The van der Waals surface area contributed by atoms with Crippen LogP contribution in [0.2, 0.25) is 18.6 Å². The van der Waals surface area contributed by atoms with Crippen molar-refractivity contribution in [2.75, 3.05) is 0 Å². The van der Waals surface area contributed by atoms with Crippen LogP contribution in [-0.4, -0.2) is 31.9 Å². The molecule has 0 aromatic rings. The summed E-state index contributed by atoms with van der Waals surface area (Å²) in [6.07, 6.45) is 0. The summed E-state index contributed by atoms with van der Waals surface area (Å²) in [6, 6.07) is 0. The Labute approximate surface area is 405 Å². The first-order valence-electron chi connectivity index (χ1n) is 26.2. The predicted octanol–water partition coefficient (Wildman–Crippen LogP) is 19.0. The highest BCUT2D eigenvalue weighted by Gasteiger charge is 3.04. The molecular weight excluding hydrogens is 833 g/mol. The Morgan fingerprint density at radius 2 is 0.344 bits per heavy atom. The number of allylic oxidation sites excluding steroid dienone is 8. The second kappa shape index (κ2) is 12.6. The third-order valence-corrected chi connectivity index (χ3v) is 58.0. The van der Waals surface area contributed by atoms with Crippen molar-refractivity contribution in [3.8, 4) is 0 Å². The zero-order valence-corrected chi connectivity index (χ0v) is 54.0. The van der Waals surface area contributed by atoms with E-state index in [0.29, 0.717) is 0 Å². The van der Waals surface area contributed by atoms with E-state index < -0.39 is 31.9 Å². The van der Waals surface area contributed by atoms with Crippen LogP contribution in [0.4, 0.5) is 0 Å². The van der Waals surface area contributed by atoms with Gasteiger partial charge in [0.2, 0.25) is 0 Å². The van der Waals surface area contributed by atoms with E-state index in [1.54, 1.807) is 0 Å². The third kappa shape index (κ3) is 5.10. The molecule has 64 heavy (non-hydrogen) atoms. The highest BCUT2D eigenvalue weighted by molar-refractivity contribution is 7.41. The Kier molecular flexibility index (Phi) is 10.5. The van der Waals surface area contributed by atoms with Gasteiger partial charge < -0.3 is 0 Å². The lowest BCUT2D eigenvalue weighted by atomic mass is 9.68. The minimum atomic E-state index is -2.52. The van der Waals surface area contributed by atoms with Crippen molar-refractivity contribution in [1.82, 2.24) is 0 Å². The van der Waals surface area contributed by atoms with Gasteiger partial charge >= 0.3 is 0 Å². The van der Waals surface area contributed by atoms with Crippen LogP contribution in [0.25, 0.3) is 0 Å². The van der Waals surface area contributed by atoms with Gasteiger partial charge in [0.25, 0.3) is 0 Å². The number of hydrogen-bond donors (Lipinski definition) is 0. The molecule has 0 amide bonds. The highest BCUT2D eigenvalue weighted by atomic mass is 28.9. The SMILES string of the molecule is CC(C)(C)C1=C(C(C)(C)C)[Si]23C(C(C)(C)C)=C(C(C)(C)C)[C@@]2(C(C)(C)C)[Si](=[Si]2[C@]4(C(C)(C)C)C(C(C)(C)C)=C(C(C)(C)C)[Si]45C(C(C)(C)C)=C(C(C)(C)C)[C@@]25C(C)(C)C)[C@]13C(C)(C)C. The van der Waals surface area contributed by atoms with E-state index in [-0.39, 0.29) is 83.6 Å². The second-order valence-corrected chi connectivity index (χ2v) is 52.8. The monoisotopic (exact) mass is 941 g/mol. The quantitative estimate of drug-likeness (QED) is 0.212. The van der Waals surface area contributed by atoms with Gasteiger partial charge in [-0.25, -0.2) is 0 Å². The number of rotatable bonds is 0. The van der Waals surface area contributed by atoms with E-state index in [9.17, 15) is 0 Å². The molecule has 6 rings (SSSR count). The van der Waals surface area contributed by atoms with Crippen molar-refractivity contribution in [2.45, 2.75) is 268 Å². The first-order chi connectivity index (χ1) is 27.4. The Bertz CT molecular complexity index is 1940. The zero-order valence-electron chi connectivity index (χ0n) is 50.0. The normalized spacial score (nSPS) is 34.3. The van der Waals surface area contributed by atoms with Crippen molar-refractivity contribution in [2.24, 2.45) is 65.0 Å². The van der Waals surface area contributed by atoms with Crippen LogP contribution >= 0.6 is 0 Å². The van der Waals surface area contributed by atoms with Gasteiger partial charge in [-0.2, -0.15) is 0 Å². The predicted molar refractivity (Wildman–Crippen MR) is 295 cm³/mol. The van der Waals surface area contributed by atoms with Gasteiger partial charge in [0.1, 0.15) is 16.1 Å². The maximum absolute atomic E-state index is 2.82. The van der Waals surface area contributed by atoms with Gasteiger partial charge in [0, 0.05) is 34.4 Å². The van der Waals surface area contributed by atoms with Gasteiger partial charge in [0.15, 0.2) is 0 Å². The van der Waals surface area contributed by atoms with Crippen LogP contribution in [0.5, 0.6) is 0 Å². The molecular formula is C60H108Si4. The molecule has 6 aliphatic heterocycles. The Morgan fingerprint density at radius 3 is 0.422 bits per heavy atom. The van der Waals surface area contributed by atoms with Crippen molar-refractivity contribution >= 4 is 31.9 Å². The smallest absolute Gasteiger partial charge is 0.0689 e. The molecule has 2 fully saturated rings. The Balaban J connectivity index is 2.25. The third-order valence-electron chi connectivity index (χ3n) is 18.5. The van der Waals surface area contributed by atoms with E-state index in [0.717, 1.165) is 0 Å². The molecule has 0 aliphatic carbocycles. The van der Waals surface area contributed by atoms with Crippen LogP contribution in [0.3, 0.4) is 0 Å². The summed E-state index contributed by atoms with van der Waals surface area (Å²) in [6.45, 7) is 98.1. The molecule has 0 nitrogen and oxygen atoms in total. The fraction of sp³-hybridized carbons (Fsp3) is 0.867. The van der Waals surface area contributed by atoms with Gasteiger partial charge in [-0.15, -0.1) is 0 Å². The summed E-state index contributed by atoms with van der Waals surface area (Å²) in [5.74, 6) is 0. The minimum absolute atomic E-state index is 0.0802. The lowest BCUT2D eigenvalue weighted by molar-refractivity contribution is 0.184. The number of hydrogen-bond acceptors (Lipinski definition) is 0. The Hall–Kier alpha value is -0.172. The molecule has 4 atom stereocenters. The topological polar surface area (TPSA) is 0 Å². The molecule has 0 aromatic carbocycles.